The smallest absolute Gasteiger partial charge is 0.314 e. The Labute approximate surface area is 118 Å². The third-order valence-corrected chi connectivity index (χ3v) is 3.02. The zero-order valence-corrected chi connectivity index (χ0v) is 12.0. The van der Waals surface area contributed by atoms with Gasteiger partial charge in [0.1, 0.15) is 0 Å². The van der Waals surface area contributed by atoms with Crippen molar-refractivity contribution in [3.05, 3.63) is 56.2 Å². The fourth-order valence-electron chi connectivity index (χ4n) is 1.69. The van der Waals surface area contributed by atoms with E-state index in [1.54, 1.807) is 31.3 Å². The van der Waals surface area contributed by atoms with E-state index in [1.807, 2.05) is 13.0 Å². The van der Waals surface area contributed by atoms with Crippen LogP contribution in [0, 0.1) is 24.0 Å². The molecule has 1 aromatic heterocycles. The van der Waals surface area contributed by atoms with Crippen LogP contribution in [0.25, 0.3) is 0 Å². The fourth-order valence-corrected chi connectivity index (χ4v) is 2.13. The van der Waals surface area contributed by atoms with Crippen LogP contribution in [0.1, 0.15) is 11.1 Å². The molecule has 0 atom stereocenters. The Balaban J connectivity index is 2.44. The maximum Gasteiger partial charge on any atom is 0.314 e. The molecule has 0 bridgehead atoms. The summed E-state index contributed by atoms with van der Waals surface area (Å²) in [6.07, 6.45) is 1.59. The molecular weight excluding hydrogens is 312 g/mol. The zero-order chi connectivity index (χ0) is 14.0. The van der Waals surface area contributed by atoms with E-state index in [1.165, 1.54) is 0 Å². The van der Waals surface area contributed by atoms with Gasteiger partial charge < -0.3 is 4.74 Å². The summed E-state index contributed by atoms with van der Waals surface area (Å²) in [5, 5.41) is 11.1. The van der Waals surface area contributed by atoms with Gasteiger partial charge >= 0.3 is 5.69 Å². The van der Waals surface area contributed by atoms with Crippen LogP contribution in [-0.2, 0) is 0 Å². The van der Waals surface area contributed by atoms with Crippen molar-refractivity contribution in [1.29, 1.82) is 0 Å². The lowest BCUT2D eigenvalue weighted by Crippen LogP contribution is -1.98. The quantitative estimate of drug-likeness (QED) is 0.628. The number of rotatable bonds is 3. The molecule has 0 fully saturated rings. The van der Waals surface area contributed by atoms with Crippen LogP contribution in [0.15, 0.2) is 34.9 Å². The number of nitro groups is 1. The van der Waals surface area contributed by atoms with Crippen LogP contribution in [0.3, 0.4) is 0 Å². The molecule has 2 rings (SSSR count). The lowest BCUT2D eigenvalue weighted by atomic mass is 10.2. The summed E-state index contributed by atoms with van der Waals surface area (Å²) in [6, 6.07) is 6.79. The molecule has 0 amide bonds. The highest BCUT2D eigenvalue weighted by atomic mass is 79.9. The largest absolute Gasteiger partial charge is 0.432 e. The van der Waals surface area contributed by atoms with Crippen LogP contribution >= 0.6 is 15.9 Å². The van der Waals surface area contributed by atoms with E-state index in [4.69, 9.17) is 4.74 Å². The standard InChI is InChI=1S/C13H11BrN2O3/c1-8-4-3-5-11(12(8)16(17)18)19-13-9(2)6-10(14)7-15-13/h3-7H,1-2H3. The fraction of sp³-hybridized carbons (Fsp3) is 0.154. The minimum Gasteiger partial charge on any atom is -0.432 e. The van der Waals surface area contributed by atoms with Gasteiger partial charge in [-0.05, 0) is 41.9 Å². The number of nitro benzene ring substituents is 1. The van der Waals surface area contributed by atoms with E-state index >= 15 is 0 Å². The Morgan fingerprint density at radius 3 is 2.68 bits per heavy atom. The van der Waals surface area contributed by atoms with Gasteiger partial charge in [-0.3, -0.25) is 10.1 Å². The van der Waals surface area contributed by atoms with Crippen LogP contribution in [0.4, 0.5) is 5.69 Å². The third kappa shape index (κ3) is 2.90. The first-order valence-corrected chi connectivity index (χ1v) is 6.32. The van der Waals surface area contributed by atoms with Gasteiger partial charge in [0.2, 0.25) is 11.6 Å². The summed E-state index contributed by atoms with van der Waals surface area (Å²) < 4.78 is 6.39. The highest BCUT2D eigenvalue weighted by Gasteiger charge is 2.19. The van der Waals surface area contributed by atoms with Crippen molar-refractivity contribution in [3.8, 4) is 11.6 Å². The monoisotopic (exact) mass is 322 g/mol. The van der Waals surface area contributed by atoms with E-state index < -0.39 is 4.92 Å². The summed E-state index contributed by atoms with van der Waals surface area (Å²) in [6.45, 7) is 3.50. The van der Waals surface area contributed by atoms with Crippen molar-refractivity contribution >= 4 is 21.6 Å². The molecule has 19 heavy (non-hydrogen) atoms. The molecule has 0 aliphatic rings. The van der Waals surface area contributed by atoms with Gasteiger partial charge in [0, 0.05) is 21.8 Å². The lowest BCUT2D eigenvalue weighted by Gasteiger charge is -2.09. The number of ether oxygens (including phenoxy) is 1. The minimum absolute atomic E-state index is 0.0355. The molecule has 0 saturated carbocycles. The number of benzene rings is 1. The van der Waals surface area contributed by atoms with Gasteiger partial charge in [-0.1, -0.05) is 12.1 Å². The Hall–Kier alpha value is -1.95. The van der Waals surface area contributed by atoms with E-state index in [-0.39, 0.29) is 11.4 Å². The van der Waals surface area contributed by atoms with Crippen LogP contribution in [0.2, 0.25) is 0 Å². The summed E-state index contributed by atoms with van der Waals surface area (Å²) in [7, 11) is 0. The topological polar surface area (TPSA) is 65.3 Å². The summed E-state index contributed by atoms with van der Waals surface area (Å²) in [5.74, 6) is 0.555. The molecule has 1 heterocycles. The second-order valence-corrected chi connectivity index (χ2v) is 4.97. The van der Waals surface area contributed by atoms with E-state index in [2.05, 4.69) is 20.9 Å². The first-order valence-electron chi connectivity index (χ1n) is 5.53. The maximum atomic E-state index is 11.1. The number of hydrogen-bond acceptors (Lipinski definition) is 4. The number of nitrogens with zero attached hydrogens (tertiary/aromatic N) is 2. The predicted octanol–water partition coefficient (Wildman–Crippen LogP) is 4.16. The van der Waals surface area contributed by atoms with E-state index in [0.717, 1.165) is 10.0 Å². The molecule has 0 radical (unpaired) electrons. The van der Waals surface area contributed by atoms with Crippen molar-refractivity contribution in [2.75, 3.05) is 0 Å². The Morgan fingerprint density at radius 2 is 2.05 bits per heavy atom. The van der Waals surface area contributed by atoms with Crippen molar-refractivity contribution < 1.29 is 9.66 Å². The average Bonchev–Trinajstić information content (AvgIpc) is 2.32. The molecule has 0 aliphatic carbocycles. The third-order valence-electron chi connectivity index (χ3n) is 2.59. The normalized spacial score (nSPS) is 10.3. The molecule has 2 aromatic rings. The van der Waals surface area contributed by atoms with Crippen LogP contribution in [0.5, 0.6) is 11.6 Å². The van der Waals surface area contributed by atoms with Crippen molar-refractivity contribution in [2.45, 2.75) is 13.8 Å². The summed E-state index contributed by atoms with van der Waals surface area (Å²) in [5.41, 5.74) is 1.31. The van der Waals surface area contributed by atoms with Gasteiger partial charge in [0.25, 0.3) is 0 Å². The molecule has 0 unspecified atom stereocenters. The van der Waals surface area contributed by atoms with Crippen LogP contribution < -0.4 is 4.74 Å². The van der Waals surface area contributed by atoms with Gasteiger partial charge in [-0.25, -0.2) is 4.98 Å². The first-order chi connectivity index (χ1) is 8.99. The molecule has 0 N–H and O–H groups in total. The second-order valence-electron chi connectivity index (χ2n) is 4.06. The summed E-state index contributed by atoms with van der Waals surface area (Å²) in [4.78, 5) is 14.7. The molecular formula is C13H11BrN2O3. The van der Waals surface area contributed by atoms with E-state index in [0.29, 0.717) is 11.4 Å². The molecule has 98 valence electrons. The molecule has 1 aromatic carbocycles. The van der Waals surface area contributed by atoms with E-state index in [9.17, 15) is 10.1 Å². The maximum absolute atomic E-state index is 11.1. The van der Waals surface area contributed by atoms with Gasteiger partial charge in [0.05, 0.1) is 4.92 Å². The number of para-hydroxylation sites is 1. The Kier molecular flexibility index (Phi) is 3.80. The number of halogens is 1. The van der Waals surface area contributed by atoms with Gasteiger partial charge in [-0.15, -0.1) is 0 Å². The number of pyridine rings is 1. The minimum atomic E-state index is -0.446. The summed E-state index contributed by atoms with van der Waals surface area (Å²) >= 11 is 3.30. The van der Waals surface area contributed by atoms with Crippen molar-refractivity contribution in [1.82, 2.24) is 4.98 Å². The second kappa shape index (κ2) is 5.36. The zero-order valence-electron chi connectivity index (χ0n) is 10.4. The lowest BCUT2D eigenvalue weighted by molar-refractivity contribution is -0.386. The molecule has 5 nitrogen and oxygen atoms in total. The molecule has 0 saturated heterocycles. The van der Waals surface area contributed by atoms with Crippen molar-refractivity contribution in [3.63, 3.8) is 0 Å². The highest BCUT2D eigenvalue weighted by Crippen LogP contribution is 2.34. The van der Waals surface area contributed by atoms with Gasteiger partial charge in [0.15, 0.2) is 0 Å². The highest BCUT2D eigenvalue weighted by molar-refractivity contribution is 9.10. The molecule has 0 spiro atoms. The predicted molar refractivity (Wildman–Crippen MR) is 74.6 cm³/mol. The Bertz CT molecular complexity index is 644. The average molecular weight is 323 g/mol. The number of aryl methyl sites for hydroxylation is 2. The first kappa shape index (κ1) is 13.5. The molecule has 0 aliphatic heterocycles. The van der Waals surface area contributed by atoms with Crippen molar-refractivity contribution in [2.24, 2.45) is 0 Å². The Morgan fingerprint density at radius 1 is 1.32 bits per heavy atom. The number of aromatic nitrogens is 1. The van der Waals surface area contributed by atoms with Gasteiger partial charge in [-0.2, -0.15) is 0 Å². The number of hydrogen-bond donors (Lipinski definition) is 0. The SMILES string of the molecule is Cc1cc(Br)cnc1Oc1cccc(C)c1[N+](=O)[O-]. The molecule has 6 heteroatoms. The van der Waals surface area contributed by atoms with Crippen LogP contribution in [-0.4, -0.2) is 9.91 Å².